The molecule has 1 amide bonds. The second kappa shape index (κ2) is 11.1. The second-order valence-electron chi connectivity index (χ2n) is 7.38. The highest BCUT2D eigenvalue weighted by atomic mass is 16.5. The molecular weight excluding hydrogens is 404 g/mol. The highest BCUT2D eigenvalue weighted by Crippen LogP contribution is 2.28. The first kappa shape index (κ1) is 23.0. The van der Waals surface area contributed by atoms with Gasteiger partial charge in [-0.1, -0.05) is 48.5 Å². The van der Waals surface area contributed by atoms with E-state index < -0.39 is 0 Å². The average molecular weight is 433 g/mol. The first-order valence-corrected chi connectivity index (χ1v) is 10.5. The number of carbonyl (C=O) groups is 2. The van der Waals surface area contributed by atoms with Crippen LogP contribution >= 0.6 is 0 Å². The van der Waals surface area contributed by atoms with E-state index in [-0.39, 0.29) is 18.2 Å². The molecule has 0 saturated carbocycles. The molecule has 0 aromatic heterocycles. The van der Waals surface area contributed by atoms with Gasteiger partial charge in [0.2, 0.25) is 5.91 Å². The summed E-state index contributed by atoms with van der Waals surface area (Å²) >= 11 is 0. The number of hydrogen-bond donors (Lipinski definition) is 1. The van der Waals surface area contributed by atoms with Crippen LogP contribution in [0.3, 0.4) is 0 Å². The molecule has 0 unspecified atom stereocenters. The van der Waals surface area contributed by atoms with Gasteiger partial charge in [0.05, 0.1) is 25.9 Å². The highest BCUT2D eigenvalue weighted by Gasteiger charge is 2.16. The maximum absolute atomic E-state index is 12.9. The number of para-hydroxylation sites is 1. The molecule has 166 valence electrons. The van der Waals surface area contributed by atoms with Crippen LogP contribution in [0.4, 0.5) is 5.69 Å². The van der Waals surface area contributed by atoms with E-state index in [0.717, 1.165) is 5.56 Å². The van der Waals surface area contributed by atoms with E-state index in [1.54, 1.807) is 43.5 Å². The van der Waals surface area contributed by atoms with E-state index in [4.69, 9.17) is 9.47 Å². The molecule has 0 bridgehead atoms. The van der Waals surface area contributed by atoms with Crippen molar-refractivity contribution in [3.63, 3.8) is 0 Å². The Hall–Kier alpha value is -3.64. The number of nitrogens with zero attached hydrogens (tertiary/aromatic N) is 1. The van der Waals surface area contributed by atoms with E-state index >= 15 is 0 Å². The van der Waals surface area contributed by atoms with Crippen LogP contribution in [0.25, 0.3) is 0 Å². The van der Waals surface area contributed by atoms with Gasteiger partial charge in [0.1, 0.15) is 0 Å². The second-order valence-corrected chi connectivity index (χ2v) is 7.38. The smallest absolute Gasteiger partial charge is 0.238 e. The number of ether oxygens (including phenoxy) is 2. The molecule has 0 fully saturated rings. The summed E-state index contributed by atoms with van der Waals surface area (Å²) in [5, 5.41) is 2.88. The summed E-state index contributed by atoms with van der Waals surface area (Å²) in [5.74, 6) is 1.03. The van der Waals surface area contributed by atoms with Gasteiger partial charge in [-0.3, -0.25) is 14.5 Å². The van der Waals surface area contributed by atoms with Crippen molar-refractivity contribution in [1.82, 2.24) is 4.90 Å². The average Bonchev–Trinajstić information content (AvgIpc) is 2.80. The van der Waals surface area contributed by atoms with Gasteiger partial charge in [-0.15, -0.1) is 0 Å². The number of ketones is 1. The lowest BCUT2D eigenvalue weighted by Gasteiger charge is -2.18. The van der Waals surface area contributed by atoms with E-state index in [1.807, 2.05) is 55.3 Å². The summed E-state index contributed by atoms with van der Waals surface area (Å²) in [6.07, 6.45) is 0. The summed E-state index contributed by atoms with van der Waals surface area (Å²) in [6, 6.07) is 21.8. The lowest BCUT2D eigenvalue weighted by atomic mass is 10.0. The molecule has 6 nitrogen and oxygen atoms in total. The predicted molar refractivity (Wildman–Crippen MR) is 125 cm³/mol. The Morgan fingerprint density at radius 2 is 1.66 bits per heavy atom. The van der Waals surface area contributed by atoms with Gasteiger partial charge in [-0.2, -0.15) is 0 Å². The van der Waals surface area contributed by atoms with Crippen molar-refractivity contribution in [2.24, 2.45) is 0 Å². The third-order valence-corrected chi connectivity index (χ3v) is 4.88. The molecule has 0 aliphatic heterocycles. The Kier molecular flexibility index (Phi) is 8.00. The molecule has 0 heterocycles. The topological polar surface area (TPSA) is 67.9 Å². The van der Waals surface area contributed by atoms with Gasteiger partial charge in [0.25, 0.3) is 0 Å². The van der Waals surface area contributed by atoms with E-state index in [1.165, 1.54) is 0 Å². The third-order valence-electron chi connectivity index (χ3n) is 4.88. The Morgan fingerprint density at radius 3 is 2.38 bits per heavy atom. The highest BCUT2D eigenvalue weighted by molar-refractivity contribution is 6.13. The fraction of sp³-hybridized carbons (Fsp3) is 0.231. The van der Waals surface area contributed by atoms with Crippen molar-refractivity contribution < 1.29 is 19.1 Å². The molecule has 0 radical (unpaired) electrons. The Morgan fingerprint density at radius 1 is 0.938 bits per heavy atom. The number of likely N-dealkylation sites (N-methyl/N-ethyl adjacent to an activating group) is 1. The van der Waals surface area contributed by atoms with Crippen LogP contribution in [0.2, 0.25) is 0 Å². The molecule has 3 aromatic carbocycles. The Bertz CT molecular complexity index is 1070. The zero-order chi connectivity index (χ0) is 22.9. The zero-order valence-electron chi connectivity index (χ0n) is 18.6. The zero-order valence-corrected chi connectivity index (χ0v) is 18.6. The molecular formula is C26H28N2O4. The largest absolute Gasteiger partial charge is 0.493 e. The molecule has 0 spiro atoms. The lowest BCUT2D eigenvalue weighted by Crippen LogP contribution is -2.30. The van der Waals surface area contributed by atoms with Gasteiger partial charge in [-0.25, -0.2) is 0 Å². The Balaban J connectivity index is 1.64. The number of rotatable bonds is 10. The molecule has 3 rings (SSSR count). The minimum absolute atomic E-state index is 0.128. The van der Waals surface area contributed by atoms with Crippen molar-refractivity contribution in [1.29, 1.82) is 0 Å². The molecule has 0 aliphatic carbocycles. The van der Waals surface area contributed by atoms with Crippen LogP contribution in [0.5, 0.6) is 11.5 Å². The summed E-state index contributed by atoms with van der Waals surface area (Å²) in [7, 11) is 3.47. The van der Waals surface area contributed by atoms with Crippen molar-refractivity contribution in [2.45, 2.75) is 13.5 Å². The first-order valence-electron chi connectivity index (χ1n) is 10.5. The van der Waals surface area contributed by atoms with Crippen LogP contribution in [0, 0.1) is 0 Å². The van der Waals surface area contributed by atoms with Gasteiger partial charge < -0.3 is 14.8 Å². The maximum atomic E-state index is 12.9. The third kappa shape index (κ3) is 5.95. The summed E-state index contributed by atoms with van der Waals surface area (Å²) < 4.78 is 10.9. The quantitative estimate of drug-likeness (QED) is 0.481. The molecule has 1 N–H and O–H groups in total. The fourth-order valence-corrected chi connectivity index (χ4v) is 3.42. The number of anilines is 1. The molecule has 32 heavy (non-hydrogen) atoms. The molecule has 6 heteroatoms. The maximum Gasteiger partial charge on any atom is 0.238 e. The first-order chi connectivity index (χ1) is 15.5. The number of benzene rings is 3. The van der Waals surface area contributed by atoms with Crippen LogP contribution in [0.1, 0.15) is 28.4 Å². The van der Waals surface area contributed by atoms with Crippen molar-refractivity contribution in [3.8, 4) is 11.5 Å². The van der Waals surface area contributed by atoms with Crippen LogP contribution in [-0.2, 0) is 11.3 Å². The lowest BCUT2D eigenvalue weighted by molar-refractivity contribution is -0.117. The molecule has 0 aliphatic rings. The normalized spacial score (nSPS) is 10.6. The van der Waals surface area contributed by atoms with Crippen LogP contribution in [-0.4, -0.2) is 43.9 Å². The monoisotopic (exact) mass is 432 g/mol. The molecule has 3 aromatic rings. The van der Waals surface area contributed by atoms with Crippen molar-refractivity contribution in [3.05, 3.63) is 89.5 Å². The summed E-state index contributed by atoms with van der Waals surface area (Å²) in [5.41, 5.74) is 2.55. The van der Waals surface area contributed by atoms with Gasteiger partial charge in [-0.05, 0) is 43.8 Å². The SMILES string of the molecule is CCOc1ccc(CN(C)CC(=O)Nc2ccccc2C(=O)c2ccccc2)cc1OC. The number of carbonyl (C=O) groups excluding carboxylic acids is 2. The number of amides is 1. The number of nitrogens with one attached hydrogen (secondary N) is 1. The van der Waals surface area contributed by atoms with Crippen LogP contribution < -0.4 is 14.8 Å². The van der Waals surface area contributed by atoms with E-state index in [9.17, 15) is 9.59 Å². The van der Waals surface area contributed by atoms with Gasteiger partial charge in [0, 0.05) is 17.7 Å². The molecule has 0 saturated heterocycles. The predicted octanol–water partition coefficient (Wildman–Crippen LogP) is 4.40. The minimum Gasteiger partial charge on any atom is -0.493 e. The number of hydrogen-bond acceptors (Lipinski definition) is 5. The summed E-state index contributed by atoms with van der Waals surface area (Å²) in [4.78, 5) is 27.4. The number of methoxy groups -OCH3 is 1. The Labute approximate surface area is 188 Å². The van der Waals surface area contributed by atoms with Gasteiger partial charge in [0.15, 0.2) is 17.3 Å². The molecule has 0 atom stereocenters. The summed E-state index contributed by atoms with van der Waals surface area (Å²) in [6.45, 7) is 3.21. The van der Waals surface area contributed by atoms with E-state index in [0.29, 0.717) is 41.5 Å². The van der Waals surface area contributed by atoms with Crippen LogP contribution in [0.15, 0.2) is 72.8 Å². The van der Waals surface area contributed by atoms with Crippen molar-refractivity contribution in [2.75, 3.05) is 32.6 Å². The fourth-order valence-electron chi connectivity index (χ4n) is 3.42. The van der Waals surface area contributed by atoms with Crippen molar-refractivity contribution >= 4 is 17.4 Å². The minimum atomic E-state index is -0.196. The van der Waals surface area contributed by atoms with Gasteiger partial charge >= 0.3 is 0 Å². The van der Waals surface area contributed by atoms with E-state index in [2.05, 4.69) is 5.32 Å². The standard InChI is InChI=1S/C26H28N2O4/c1-4-32-23-15-14-19(16-24(23)31-3)17-28(2)18-25(29)27-22-13-9-8-12-21(22)26(30)20-10-6-5-7-11-20/h5-16H,4,17-18H2,1-3H3,(H,27,29).